The highest BCUT2D eigenvalue weighted by Gasteiger charge is 2.22. The van der Waals surface area contributed by atoms with Crippen molar-refractivity contribution in [2.75, 3.05) is 5.32 Å². The Kier molecular flexibility index (Phi) is 5.17. The molecular formula is C18H19N3O4. The van der Waals surface area contributed by atoms with Gasteiger partial charge in [0.25, 0.3) is 17.5 Å². The topological polar surface area (TPSA) is 101 Å². The number of hydrogen-bond donors (Lipinski definition) is 2. The van der Waals surface area contributed by atoms with Crippen LogP contribution in [0.4, 0.5) is 11.4 Å². The minimum atomic E-state index is -0.650. The fourth-order valence-corrected chi connectivity index (χ4v) is 2.21. The Morgan fingerprint density at radius 1 is 0.920 bits per heavy atom. The van der Waals surface area contributed by atoms with Crippen LogP contribution in [0.25, 0.3) is 0 Å². The summed E-state index contributed by atoms with van der Waals surface area (Å²) < 4.78 is 0. The predicted molar refractivity (Wildman–Crippen MR) is 94.7 cm³/mol. The van der Waals surface area contributed by atoms with Crippen LogP contribution in [0, 0.1) is 10.1 Å². The molecular weight excluding hydrogens is 322 g/mol. The molecule has 0 saturated carbocycles. The summed E-state index contributed by atoms with van der Waals surface area (Å²) in [6.45, 7) is 5.54. The molecule has 0 fully saturated rings. The molecule has 7 heteroatoms. The van der Waals surface area contributed by atoms with Gasteiger partial charge in [0.2, 0.25) is 0 Å². The van der Waals surface area contributed by atoms with E-state index in [9.17, 15) is 19.7 Å². The highest BCUT2D eigenvalue weighted by molar-refractivity contribution is 6.10. The van der Waals surface area contributed by atoms with E-state index in [-0.39, 0.29) is 28.4 Å². The number of amides is 2. The van der Waals surface area contributed by atoms with Gasteiger partial charge in [0.1, 0.15) is 5.56 Å². The smallest absolute Gasteiger partial charge is 0.282 e. The zero-order chi connectivity index (χ0) is 18.6. The molecule has 0 radical (unpaired) electrons. The molecule has 2 aromatic rings. The standard InChI is InChI=1S/C18H19N3O4/c1-18(2,3)20-17(23)12-8-4-6-10-14(12)19-16(22)13-9-5-7-11-15(13)21(24)25/h4-11H,1-3H3,(H,19,22)(H,20,23). The summed E-state index contributed by atoms with van der Waals surface area (Å²) in [6.07, 6.45) is 0. The Hall–Kier alpha value is -3.22. The van der Waals surface area contributed by atoms with E-state index in [2.05, 4.69) is 10.6 Å². The second kappa shape index (κ2) is 7.12. The summed E-state index contributed by atoms with van der Waals surface area (Å²) in [5.74, 6) is -0.991. The average molecular weight is 341 g/mol. The summed E-state index contributed by atoms with van der Waals surface area (Å²) in [5.41, 5.74) is -0.237. The summed E-state index contributed by atoms with van der Waals surface area (Å²) in [6, 6.07) is 12.2. The normalized spacial score (nSPS) is 10.8. The number of nitrogens with one attached hydrogen (secondary N) is 2. The molecule has 0 spiro atoms. The molecule has 2 aromatic carbocycles. The van der Waals surface area contributed by atoms with Crippen molar-refractivity contribution in [2.45, 2.75) is 26.3 Å². The van der Waals surface area contributed by atoms with Gasteiger partial charge in [-0.2, -0.15) is 0 Å². The van der Waals surface area contributed by atoms with Crippen LogP contribution >= 0.6 is 0 Å². The highest BCUT2D eigenvalue weighted by Crippen LogP contribution is 2.21. The molecule has 0 atom stereocenters. The number of anilines is 1. The number of hydrogen-bond acceptors (Lipinski definition) is 4. The molecule has 0 bridgehead atoms. The maximum absolute atomic E-state index is 12.5. The molecule has 0 aliphatic carbocycles. The molecule has 0 saturated heterocycles. The number of nitrogens with zero attached hydrogens (tertiary/aromatic N) is 1. The van der Waals surface area contributed by atoms with Crippen LogP contribution in [0.15, 0.2) is 48.5 Å². The van der Waals surface area contributed by atoms with Gasteiger partial charge in [0.05, 0.1) is 16.2 Å². The second-order valence-electron chi connectivity index (χ2n) is 6.48. The van der Waals surface area contributed by atoms with E-state index in [1.807, 2.05) is 20.8 Å². The number of carbonyl (C=O) groups is 2. The molecule has 25 heavy (non-hydrogen) atoms. The van der Waals surface area contributed by atoms with E-state index in [1.165, 1.54) is 18.2 Å². The first kappa shape index (κ1) is 18.1. The van der Waals surface area contributed by atoms with Crippen molar-refractivity contribution in [2.24, 2.45) is 0 Å². The molecule has 7 nitrogen and oxygen atoms in total. The Labute approximate surface area is 145 Å². The fraction of sp³-hybridized carbons (Fsp3) is 0.222. The third-order valence-corrected chi connectivity index (χ3v) is 3.25. The molecule has 0 aliphatic heterocycles. The van der Waals surface area contributed by atoms with Crippen LogP contribution in [0.1, 0.15) is 41.5 Å². The Morgan fingerprint density at radius 3 is 2.08 bits per heavy atom. The lowest BCUT2D eigenvalue weighted by atomic mass is 10.1. The van der Waals surface area contributed by atoms with E-state index < -0.39 is 16.4 Å². The van der Waals surface area contributed by atoms with Gasteiger partial charge in [0.15, 0.2) is 0 Å². The van der Waals surface area contributed by atoms with E-state index >= 15 is 0 Å². The minimum Gasteiger partial charge on any atom is -0.347 e. The molecule has 0 aromatic heterocycles. The largest absolute Gasteiger partial charge is 0.347 e. The SMILES string of the molecule is CC(C)(C)NC(=O)c1ccccc1NC(=O)c1ccccc1[N+](=O)[O-]. The van der Waals surface area contributed by atoms with Gasteiger partial charge in [-0.15, -0.1) is 0 Å². The Morgan fingerprint density at radius 2 is 1.48 bits per heavy atom. The Bertz CT molecular complexity index is 825. The number of nitro benzene ring substituents is 1. The number of para-hydroxylation sites is 2. The summed E-state index contributed by atoms with van der Waals surface area (Å²) >= 11 is 0. The first-order valence-corrected chi connectivity index (χ1v) is 7.65. The van der Waals surface area contributed by atoms with Gasteiger partial charge < -0.3 is 10.6 Å². The van der Waals surface area contributed by atoms with Crippen molar-refractivity contribution < 1.29 is 14.5 Å². The molecule has 2 amide bonds. The van der Waals surface area contributed by atoms with Crippen LogP contribution < -0.4 is 10.6 Å². The number of benzene rings is 2. The quantitative estimate of drug-likeness (QED) is 0.657. The zero-order valence-electron chi connectivity index (χ0n) is 14.2. The predicted octanol–water partition coefficient (Wildman–Crippen LogP) is 3.38. The third kappa shape index (κ3) is 4.63. The molecule has 2 rings (SSSR count). The van der Waals surface area contributed by atoms with Gasteiger partial charge >= 0.3 is 0 Å². The lowest BCUT2D eigenvalue weighted by Crippen LogP contribution is -2.40. The van der Waals surface area contributed by atoms with Gasteiger partial charge in [-0.3, -0.25) is 19.7 Å². The van der Waals surface area contributed by atoms with Crippen molar-refractivity contribution >= 4 is 23.2 Å². The van der Waals surface area contributed by atoms with Crippen LogP contribution in [0.5, 0.6) is 0 Å². The van der Waals surface area contributed by atoms with E-state index in [1.54, 1.807) is 30.3 Å². The van der Waals surface area contributed by atoms with Crippen molar-refractivity contribution in [1.29, 1.82) is 0 Å². The molecule has 0 heterocycles. The first-order chi connectivity index (χ1) is 11.7. The van der Waals surface area contributed by atoms with Crippen molar-refractivity contribution in [3.05, 3.63) is 69.8 Å². The Balaban J connectivity index is 2.31. The summed E-state index contributed by atoms with van der Waals surface area (Å²) in [5, 5.41) is 16.5. The van der Waals surface area contributed by atoms with Gasteiger partial charge in [-0.05, 0) is 39.0 Å². The highest BCUT2D eigenvalue weighted by atomic mass is 16.6. The first-order valence-electron chi connectivity index (χ1n) is 7.65. The van der Waals surface area contributed by atoms with Gasteiger partial charge in [0, 0.05) is 11.6 Å². The van der Waals surface area contributed by atoms with Crippen LogP contribution in [0.2, 0.25) is 0 Å². The maximum Gasteiger partial charge on any atom is 0.282 e. The van der Waals surface area contributed by atoms with Crippen molar-refractivity contribution in [3.8, 4) is 0 Å². The molecule has 0 aliphatic rings. The molecule has 2 N–H and O–H groups in total. The van der Waals surface area contributed by atoms with E-state index in [0.29, 0.717) is 0 Å². The number of carbonyl (C=O) groups excluding carboxylic acids is 2. The van der Waals surface area contributed by atoms with E-state index in [0.717, 1.165) is 0 Å². The van der Waals surface area contributed by atoms with E-state index in [4.69, 9.17) is 0 Å². The molecule has 0 unspecified atom stereocenters. The minimum absolute atomic E-state index is 0.0708. The van der Waals surface area contributed by atoms with Gasteiger partial charge in [-0.25, -0.2) is 0 Å². The van der Waals surface area contributed by atoms with Crippen LogP contribution in [-0.2, 0) is 0 Å². The number of rotatable bonds is 4. The van der Waals surface area contributed by atoms with Crippen LogP contribution in [0.3, 0.4) is 0 Å². The molecule has 130 valence electrons. The van der Waals surface area contributed by atoms with Crippen LogP contribution in [-0.4, -0.2) is 22.3 Å². The summed E-state index contributed by atoms with van der Waals surface area (Å²) in [7, 11) is 0. The second-order valence-corrected chi connectivity index (χ2v) is 6.48. The lowest BCUT2D eigenvalue weighted by Gasteiger charge is -2.21. The third-order valence-electron chi connectivity index (χ3n) is 3.25. The fourth-order valence-electron chi connectivity index (χ4n) is 2.21. The monoisotopic (exact) mass is 341 g/mol. The maximum atomic E-state index is 12.5. The van der Waals surface area contributed by atoms with Crippen molar-refractivity contribution in [1.82, 2.24) is 5.32 Å². The number of nitro groups is 1. The zero-order valence-corrected chi connectivity index (χ0v) is 14.2. The average Bonchev–Trinajstić information content (AvgIpc) is 2.53. The van der Waals surface area contributed by atoms with Gasteiger partial charge in [-0.1, -0.05) is 24.3 Å². The lowest BCUT2D eigenvalue weighted by molar-refractivity contribution is -0.385. The summed E-state index contributed by atoms with van der Waals surface area (Å²) in [4.78, 5) is 35.3. The van der Waals surface area contributed by atoms with Crippen molar-refractivity contribution in [3.63, 3.8) is 0 Å².